The van der Waals surface area contributed by atoms with Crippen LogP contribution in [0.15, 0.2) is 53.1 Å². The van der Waals surface area contributed by atoms with Crippen LogP contribution in [0.4, 0.5) is 5.69 Å². The number of nitrogens with one attached hydrogen (secondary N) is 1. The number of aliphatic carboxylic acids is 1. The summed E-state index contributed by atoms with van der Waals surface area (Å²) in [6.45, 7) is 4.42. The maximum atomic E-state index is 11.1. The van der Waals surface area contributed by atoms with E-state index in [1.54, 1.807) is 0 Å². The van der Waals surface area contributed by atoms with Gasteiger partial charge in [-0.05, 0) is 73.6 Å². The minimum absolute atomic E-state index is 0.201. The zero-order chi connectivity index (χ0) is 21.1. The molecule has 2 N–H and O–H groups in total. The average Bonchev–Trinajstić information content (AvgIpc) is 3.39. The predicted molar refractivity (Wildman–Crippen MR) is 116 cm³/mol. The molecule has 0 amide bonds. The fourth-order valence-electron chi connectivity index (χ4n) is 4.00. The molecule has 2 aromatic carbocycles. The number of carboxylic acid groups (broad SMARTS) is 1. The Bertz CT molecular complexity index is 993. The zero-order valence-corrected chi connectivity index (χ0v) is 17.3. The van der Waals surface area contributed by atoms with Crippen LogP contribution in [0.5, 0.6) is 0 Å². The third-order valence-electron chi connectivity index (χ3n) is 5.57. The number of aromatic nitrogens is 2. The average molecular weight is 405 g/mol. The van der Waals surface area contributed by atoms with Gasteiger partial charge in [-0.15, -0.1) is 0 Å². The van der Waals surface area contributed by atoms with Gasteiger partial charge in [0.15, 0.2) is 0 Å². The predicted octanol–water partition coefficient (Wildman–Crippen LogP) is 5.27. The lowest BCUT2D eigenvalue weighted by Crippen LogP contribution is -2.17. The van der Waals surface area contributed by atoms with E-state index in [-0.39, 0.29) is 12.0 Å². The normalized spacial score (nSPS) is 18.6. The maximum absolute atomic E-state index is 11.1. The van der Waals surface area contributed by atoms with Crippen LogP contribution in [-0.2, 0) is 11.2 Å². The highest BCUT2D eigenvalue weighted by Gasteiger charge is 2.29. The quantitative estimate of drug-likeness (QED) is 0.557. The fraction of sp³-hybridized carbons (Fsp3) is 0.375. The van der Waals surface area contributed by atoms with Gasteiger partial charge in [0.1, 0.15) is 0 Å². The van der Waals surface area contributed by atoms with Gasteiger partial charge < -0.3 is 14.9 Å². The molecule has 6 nitrogen and oxygen atoms in total. The highest BCUT2D eigenvalue weighted by Crippen LogP contribution is 2.29. The van der Waals surface area contributed by atoms with Crippen molar-refractivity contribution in [2.45, 2.75) is 45.6 Å². The second-order valence-corrected chi connectivity index (χ2v) is 8.48. The van der Waals surface area contributed by atoms with Crippen molar-refractivity contribution in [2.24, 2.45) is 11.8 Å². The largest absolute Gasteiger partial charge is 0.481 e. The Labute approximate surface area is 176 Å². The number of benzene rings is 2. The zero-order valence-electron chi connectivity index (χ0n) is 17.3. The molecule has 1 saturated carbocycles. The Morgan fingerprint density at radius 3 is 2.43 bits per heavy atom. The number of rotatable bonds is 7. The molecule has 0 bridgehead atoms. The van der Waals surface area contributed by atoms with Crippen molar-refractivity contribution in [1.29, 1.82) is 0 Å². The van der Waals surface area contributed by atoms with Crippen LogP contribution in [0.3, 0.4) is 0 Å². The Kier molecular flexibility index (Phi) is 5.84. The number of carboxylic acids is 1. The summed E-state index contributed by atoms with van der Waals surface area (Å²) < 4.78 is 5.47. The van der Waals surface area contributed by atoms with Crippen molar-refractivity contribution in [2.75, 3.05) is 5.32 Å². The molecular formula is C24H27N3O3. The van der Waals surface area contributed by atoms with E-state index in [1.165, 1.54) is 5.56 Å². The van der Waals surface area contributed by atoms with E-state index < -0.39 is 5.97 Å². The Morgan fingerprint density at radius 1 is 1.10 bits per heavy atom. The highest BCUT2D eigenvalue weighted by atomic mass is 16.5. The number of carbonyl (C=O) groups is 1. The highest BCUT2D eigenvalue weighted by molar-refractivity contribution is 5.70. The molecule has 1 aliphatic carbocycles. The molecule has 2 atom stereocenters. The van der Waals surface area contributed by atoms with E-state index in [1.807, 2.05) is 36.4 Å². The summed E-state index contributed by atoms with van der Waals surface area (Å²) in [5.74, 6) is 0.746. The Morgan fingerprint density at radius 2 is 1.80 bits per heavy atom. The van der Waals surface area contributed by atoms with Crippen LogP contribution in [0, 0.1) is 11.8 Å². The monoisotopic (exact) mass is 405 g/mol. The molecule has 1 fully saturated rings. The van der Waals surface area contributed by atoms with Crippen LogP contribution in [-0.4, -0.2) is 27.3 Å². The Balaban J connectivity index is 1.40. The second-order valence-electron chi connectivity index (χ2n) is 8.48. The molecule has 6 heteroatoms. The van der Waals surface area contributed by atoms with Crippen LogP contribution in [0.2, 0.25) is 0 Å². The van der Waals surface area contributed by atoms with Crippen molar-refractivity contribution in [3.05, 3.63) is 54.1 Å². The summed E-state index contributed by atoms with van der Waals surface area (Å²) in [6, 6.07) is 16.3. The smallest absolute Gasteiger partial charge is 0.306 e. The first kappa shape index (κ1) is 20.1. The van der Waals surface area contributed by atoms with Gasteiger partial charge in [0.2, 0.25) is 5.82 Å². The topological polar surface area (TPSA) is 88.2 Å². The number of hydrogen-bond acceptors (Lipinski definition) is 5. The van der Waals surface area contributed by atoms with Gasteiger partial charge in [-0.1, -0.05) is 31.1 Å². The van der Waals surface area contributed by atoms with E-state index in [0.29, 0.717) is 24.1 Å². The number of hydrogen-bond donors (Lipinski definition) is 2. The van der Waals surface area contributed by atoms with E-state index in [0.717, 1.165) is 36.1 Å². The first-order valence-corrected chi connectivity index (χ1v) is 10.5. The number of nitrogens with zero attached hydrogens (tertiary/aromatic N) is 2. The fourth-order valence-corrected chi connectivity index (χ4v) is 4.00. The molecule has 30 heavy (non-hydrogen) atoms. The molecule has 1 aliphatic rings. The molecule has 0 spiro atoms. The van der Waals surface area contributed by atoms with E-state index in [4.69, 9.17) is 9.63 Å². The molecule has 1 heterocycles. The number of anilines is 1. The molecule has 1 unspecified atom stereocenters. The molecule has 1 aromatic heterocycles. The molecule has 3 aromatic rings. The SMILES string of the molecule is CC(C)Cc1ccc(-c2nc(-c3ccc(NC4CC[C@@H](C(=O)O)C4)cc3)no2)cc1. The summed E-state index contributed by atoms with van der Waals surface area (Å²) in [6.07, 6.45) is 3.33. The Hall–Kier alpha value is -3.15. The third-order valence-corrected chi connectivity index (χ3v) is 5.57. The standard InChI is InChI=1S/C24H27N3O3/c1-15(2)13-16-3-5-18(6-4-16)23-26-22(27-30-23)17-7-10-20(11-8-17)25-21-12-9-19(14-21)24(28)29/h3-8,10-11,15,19,21,25H,9,12-14H2,1-2H3,(H,28,29)/t19-,21?/m1/s1. The molecule has 0 radical (unpaired) electrons. The minimum atomic E-state index is -0.697. The van der Waals surface area contributed by atoms with Gasteiger partial charge in [-0.3, -0.25) is 4.79 Å². The first-order chi connectivity index (χ1) is 14.5. The third kappa shape index (κ3) is 4.70. The first-order valence-electron chi connectivity index (χ1n) is 10.5. The van der Waals surface area contributed by atoms with Crippen molar-refractivity contribution in [3.8, 4) is 22.8 Å². The summed E-state index contributed by atoms with van der Waals surface area (Å²) in [5.41, 5.74) is 4.06. The van der Waals surface area contributed by atoms with Gasteiger partial charge >= 0.3 is 5.97 Å². The molecule has 0 aliphatic heterocycles. The van der Waals surface area contributed by atoms with Crippen LogP contribution in [0.1, 0.15) is 38.7 Å². The maximum Gasteiger partial charge on any atom is 0.306 e. The van der Waals surface area contributed by atoms with Crippen LogP contribution < -0.4 is 5.32 Å². The lowest BCUT2D eigenvalue weighted by Gasteiger charge is -2.14. The van der Waals surface area contributed by atoms with Gasteiger partial charge in [-0.25, -0.2) is 0 Å². The minimum Gasteiger partial charge on any atom is -0.481 e. The summed E-state index contributed by atoms with van der Waals surface area (Å²) in [5, 5.41) is 16.7. The van der Waals surface area contributed by atoms with Crippen LogP contribution >= 0.6 is 0 Å². The van der Waals surface area contributed by atoms with E-state index in [2.05, 4.69) is 41.4 Å². The summed E-state index contributed by atoms with van der Waals surface area (Å²) in [4.78, 5) is 15.7. The molecular weight excluding hydrogens is 378 g/mol. The van der Waals surface area contributed by atoms with Gasteiger partial charge in [0, 0.05) is 22.9 Å². The molecule has 156 valence electrons. The second kappa shape index (κ2) is 8.69. The molecule has 4 rings (SSSR count). The van der Waals surface area contributed by atoms with E-state index in [9.17, 15) is 4.79 Å². The van der Waals surface area contributed by atoms with Crippen molar-refractivity contribution in [1.82, 2.24) is 10.1 Å². The summed E-state index contributed by atoms with van der Waals surface area (Å²) in [7, 11) is 0. The summed E-state index contributed by atoms with van der Waals surface area (Å²) >= 11 is 0. The lowest BCUT2D eigenvalue weighted by atomic mass is 10.0. The van der Waals surface area contributed by atoms with Crippen molar-refractivity contribution >= 4 is 11.7 Å². The van der Waals surface area contributed by atoms with Crippen LogP contribution in [0.25, 0.3) is 22.8 Å². The van der Waals surface area contributed by atoms with Gasteiger partial charge in [0.25, 0.3) is 5.89 Å². The van der Waals surface area contributed by atoms with Crippen molar-refractivity contribution < 1.29 is 14.4 Å². The van der Waals surface area contributed by atoms with Gasteiger partial charge in [-0.2, -0.15) is 4.98 Å². The van der Waals surface area contributed by atoms with E-state index >= 15 is 0 Å². The lowest BCUT2D eigenvalue weighted by molar-refractivity contribution is -0.141. The molecule has 0 saturated heterocycles. The van der Waals surface area contributed by atoms with Gasteiger partial charge in [0.05, 0.1) is 5.92 Å². The van der Waals surface area contributed by atoms with Crippen molar-refractivity contribution in [3.63, 3.8) is 0 Å².